The fourth-order valence-corrected chi connectivity index (χ4v) is 5.83. The number of nitrogens with zero attached hydrogens (tertiary/aromatic N) is 5. The van der Waals surface area contributed by atoms with E-state index in [1.807, 2.05) is 17.1 Å². The summed E-state index contributed by atoms with van der Waals surface area (Å²) < 4.78 is 66.9. The van der Waals surface area contributed by atoms with Gasteiger partial charge in [-0.05, 0) is 42.5 Å². The number of hydrogen-bond donors (Lipinski definition) is 0. The Balaban J connectivity index is 1.18. The smallest absolute Gasteiger partial charge is 0.398 e. The van der Waals surface area contributed by atoms with Crippen LogP contribution in [-0.2, 0) is 16.1 Å². The van der Waals surface area contributed by atoms with Gasteiger partial charge in [0, 0.05) is 48.8 Å². The fraction of sp³-hybridized carbons (Fsp3) is 0.345. The first-order valence-electron chi connectivity index (χ1n) is 13.3. The van der Waals surface area contributed by atoms with Gasteiger partial charge in [-0.1, -0.05) is 24.3 Å². The largest absolute Gasteiger partial charge is 0.491 e. The molecular formula is C29H27F4N5O3. The summed E-state index contributed by atoms with van der Waals surface area (Å²) in [5, 5.41) is 4.37. The molecule has 0 saturated carbocycles. The first-order chi connectivity index (χ1) is 19.7. The Labute approximate surface area is 233 Å². The van der Waals surface area contributed by atoms with Gasteiger partial charge in [0.05, 0.1) is 31.7 Å². The molecule has 2 aliphatic heterocycles. The summed E-state index contributed by atoms with van der Waals surface area (Å²) >= 11 is 0. The molecule has 1 saturated heterocycles. The lowest BCUT2D eigenvalue weighted by Gasteiger charge is -2.37. The van der Waals surface area contributed by atoms with Crippen molar-refractivity contribution in [3.8, 4) is 28.3 Å². The van der Waals surface area contributed by atoms with Gasteiger partial charge in [-0.3, -0.25) is 4.68 Å². The third-order valence-corrected chi connectivity index (χ3v) is 7.79. The van der Waals surface area contributed by atoms with Crippen LogP contribution in [0.5, 0.6) is 5.88 Å². The molecule has 12 heteroatoms. The van der Waals surface area contributed by atoms with Crippen molar-refractivity contribution in [2.75, 3.05) is 31.7 Å². The van der Waals surface area contributed by atoms with Crippen LogP contribution in [0.25, 0.3) is 22.4 Å². The molecule has 0 bridgehead atoms. The SMILES string of the molecule is COCCn1cc(-c2ccc(N3CCC(C4c5c(F)cccc5-c5c(OC(=O)C(F)(F)F)ncn54)CC3)cc2)cn1. The zero-order valence-corrected chi connectivity index (χ0v) is 22.1. The molecule has 1 atom stereocenters. The number of benzene rings is 2. The number of alkyl halides is 3. The lowest BCUT2D eigenvalue weighted by atomic mass is 9.85. The average molecular weight is 570 g/mol. The molecule has 2 aromatic carbocycles. The van der Waals surface area contributed by atoms with Gasteiger partial charge < -0.3 is 18.9 Å². The van der Waals surface area contributed by atoms with E-state index < -0.39 is 29.9 Å². The lowest BCUT2D eigenvalue weighted by molar-refractivity contribution is -0.189. The van der Waals surface area contributed by atoms with Gasteiger partial charge in [0.25, 0.3) is 0 Å². The first-order valence-corrected chi connectivity index (χ1v) is 13.3. The van der Waals surface area contributed by atoms with Gasteiger partial charge in [-0.2, -0.15) is 18.3 Å². The summed E-state index contributed by atoms with van der Waals surface area (Å²) in [6, 6.07) is 12.2. The number of ether oxygens (including phenoxy) is 2. The second kappa shape index (κ2) is 10.7. The van der Waals surface area contributed by atoms with Crippen molar-refractivity contribution in [2.24, 2.45) is 5.92 Å². The predicted molar refractivity (Wildman–Crippen MR) is 142 cm³/mol. The Morgan fingerprint density at radius 1 is 1.07 bits per heavy atom. The zero-order valence-electron chi connectivity index (χ0n) is 22.1. The molecule has 8 nitrogen and oxygen atoms in total. The minimum Gasteiger partial charge on any atom is -0.398 e. The minimum absolute atomic E-state index is 0.000676. The molecule has 0 aliphatic carbocycles. The molecule has 2 aromatic heterocycles. The van der Waals surface area contributed by atoms with Crippen LogP contribution in [0.2, 0.25) is 0 Å². The van der Waals surface area contributed by atoms with E-state index in [9.17, 15) is 18.0 Å². The van der Waals surface area contributed by atoms with Crippen molar-refractivity contribution in [2.45, 2.75) is 31.6 Å². The van der Waals surface area contributed by atoms with E-state index in [2.05, 4.69) is 44.0 Å². The number of anilines is 1. The van der Waals surface area contributed by atoms with Crippen LogP contribution in [0.4, 0.5) is 23.2 Å². The number of rotatable bonds is 7. The third kappa shape index (κ3) is 5.08. The monoisotopic (exact) mass is 569 g/mol. The van der Waals surface area contributed by atoms with Crippen LogP contribution in [0, 0.1) is 11.7 Å². The van der Waals surface area contributed by atoms with Gasteiger partial charge in [0.15, 0.2) is 0 Å². The topological polar surface area (TPSA) is 74.4 Å². The van der Waals surface area contributed by atoms with Crippen LogP contribution in [0.3, 0.4) is 0 Å². The number of imidazole rings is 1. The molecule has 4 heterocycles. The number of piperidine rings is 1. The summed E-state index contributed by atoms with van der Waals surface area (Å²) in [6.07, 6.45) is 1.42. The molecule has 0 N–H and O–H groups in total. The van der Waals surface area contributed by atoms with Gasteiger partial charge >= 0.3 is 12.1 Å². The predicted octanol–water partition coefficient (Wildman–Crippen LogP) is 5.49. The van der Waals surface area contributed by atoms with Crippen LogP contribution >= 0.6 is 0 Å². The second-order valence-electron chi connectivity index (χ2n) is 10.2. The minimum atomic E-state index is -5.17. The second-order valence-corrected chi connectivity index (χ2v) is 10.2. The lowest BCUT2D eigenvalue weighted by Crippen LogP contribution is -2.36. The number of fused-ring (bicyclic) bond motifs is 3. The maximum atomic E-state index is 15.2. The summed E-state index contributed by atoms with van der Waals surface area (Å²) in [5.74, 6) is -3.28. The summed E-state index contributed by atoms with van der Waals surface area (Å²) in [4.78, 5) is 17.7. The van der Waals surface area contributed by atoms with Crippen LogP contribution in [0.1, 0.15) is 24.4 Å². The maximum absolute atomic E-state index is 15.2. The van der Waals surface area contributed by atoms with Crippen molar-refractivity contribution < 1.29 is 31.8 Å². The van der Waals surface area contributed by atoms with Crippen LogP contribution in [0.15, 0.2) is 61.2 Å². The molecule has 0 amide bonds. The zero-order chi connectivity index (χ0) is 28.7. The van der Waals surface area contributed by atoms with Crippen molar-refractivity contribution in [3.05, 3.63) is 72.6 Å². The van der Waals surface area contributed by atoms with Crippen molar-refractivity contribution in [1.29, 1.82) is 0 Å². The standard InChI is InChI=1S/C29H27F4N5O3/c1-40-14-13-37-16-20(15-35-37)18-5-7-21(8-6-18)36-11-9-19(10-12-36)25-24-22(3-2-4-23(24)30)26-27(34-17-38(25)26)41-28(39)29(31,32)33/h2-8,15-17,19,25H,9-14H2,1H3. The van der Waals surface area contributed by atoms with Gasteiger partial charge in [-0.25, -0.2) is 14.2 Å². The number of halogens is 4. The van der Waals surface area contributed by atoms with Gasteiger partial charge in [0.1, 0.15) is 11.5 Å². The quantitative estimate of drug-likeness (QED) is 0.217. The van der Waals surface area contributed by atoms with Gasteiger partial charge in [0.2, 0.25) is 5.88 Å². The molecule has 6 rings (SSSR count). The maximum Gasteiger partial charge on any atom is 0.491 e. The first kappa shape index (κ1) is 27.0. The number of carbonyl (C=O) groups is 1. The summed E-state index contributed by atoms with van der Waals surface area (Å²) in [7, 11) is 1.66. The van der Waals surface area contributed by atoms with Crippen LogP contribution in [-0.4, -0.2) is 58.3 Å². The van der Waals surface area contributed by atoms with E-state index in [0.29, 0.717) is 24.3 Å². The Kier molecular flexibility index (Phi) is 7.02. The molecule has 0 radical (unpaired) electrons. The summed E-state index contributed by atoms with van der Waals surface area (Å²) in [6.45, 7) is 2.71. The number of carbonyl (C=O) groups excluding carboxylic acids is 1. The number of methoxy groups -OCH3 is 1. The molecule has 2 aliphatic rings. The molecular weight excluding hydrogens is 542 g/mol. The van der Waals surface area contributed by atoms with Gasteiger partial charge in [-0.15, -0.1) is 0 Å². The van der Waals surface area contributed by atoms with E-state index in [0.717, 1.165) is 42.7 Å². The Morgan fingerprint density at radius 2 is 1.83 bits per heavy atom. The van der Waals surface area contributed by atoms with E-state index in [1.165, 1.54) is 18.5 Å². The van der Waals surface area contributed by atoms with Crippen LogP contribution < -0.4 is 9.64 Å². The Hall–Kier alpha value is -4.19. The molecule has 0 spiro atoms. The Bertz CT molecular complexity index is 1560. The average Bonchev–Trinajstić information content (AvgIpc) is 3.68. The normalized spacial score (nSPS) is 17.0. The van der Waals surface area contributed by atoms with Crippen molar-refractivity contribution in [3.63, 3.8) is 0 Å². The Morgan fingerprint density at radius 3 is 2.54 bits per heavy atom. The van der Waals surface area contributed by atoms with E-state index >= 15 is 4.39 Å². The molecule has 1 fully saturated rings. The highest BCUT2D eigenvalue weighted by atomic mass is 19.4. The highest BCUT2D eigenvalue weighted by molar-refractivity contribution is 5.82. The van der Waals surface area contributed by atoms with E-state index in [-0.39, 0.29) is 11.6 Å². The van der Waals surface area contributed by atoms with Crippen molar-refractivity contribution >= 4 is 11.7 Å². The highest BCUT2D eigenvalue weighted by Crippen LogP contribution is 2.50. The third-order valence-electron chi connectivity index (χ3n) is 7.79. The van der Waals surface area contributed by atoms with E-state index in [4.69, 9.17) is 4.74 Å². The molecule has 1 unspecified atom stereocenters. The molecule has 4 aromatic rings. The van der Waals surface area contributed by atoms with E-state index in [1.54, 1.807) is 17.7 Å². The molecule has 41 heavy (non-hydrogen) atoms. The fourth-order valence-electron chi connectivity index (χ4n) is 5.83. The highest BCUT2D eigenvalue weighted by Gasteiger charge is 2.44. The number of aromatic nitrogens is 4. The molecule has 214 valence electrons. The number of hydrogen-bond acceptors (Lipinski definition) is 6. The summed E-state index contributed by atoms with van der Waals surface area (Å²) in [5.41, 5.74) is 4.11. The van der Waals surface area contributed by atoms with Crippen molar-refractivity contribution in [1.82, 2.24) is 19.3 Å². The number of esters is 1.